The van der Waals surface area contributed by atoms with Crippen molar-refractivity contribution in [1.29, 1.82) is 0 Å². The molecule has 2 aromatic carbocycles. The lowest BCUT2D eigenvalue weighted by Crippen LogP contribution is -2.23. The molecule has 0 fully saturated rings. The van der Waals surface area contributed by atoms with Gasteiger partial charge in [-0.2, -0.15) is 0 Å². The van der Waals surface area contributed by atoms with Gasteiger partial charge in [0.05, 0.1) is 29.6 Å². The van der Waals surface area contributed by atoms with Gasteiger partial charge in [0, 0.05) is 17.7 Å². The Morgan fingerprint density at radius 1 is 1.36 bits per heavy atom. The first kappa shape index (κ1) is 16.4. The molecule has 1 heterocycles. The van der Waals surface area contributed by atoms with Crippen LogP contribution in [-0.2, 0) is 6.54 Å². The highest BCUT2D eigenvalue weighted by Gasteiger charge is 2.17. The van der Waals surface area contributed by atoms with Gasteiger partial charge in [0.2, 0.25) is 0 Å². The summed E-state index contributed by atoms with van der Waals surface area (Å²) in [6.45, 7) is 0.0917. The molecule has 128 valence electrons. The van der Waals surface area contributed by atoms with Crippen LogP contribution in [0.1, 0.15) is 16.2 Å². The number of methoxy groups -OCH3 is 1. The molecule has 8 nitrogen and oxygen atoms in total. The van der Waals surface area contributed by atoms with E-state index in [-0.39, 0.29) is 29.4 Å². The second kappa shape index (κ2) is 6.56. The number of aromatic nitrogens is 2. The molecule has 0 bridgehead atoms. The van der Waals surface area contributed by atoms with Crippen LogP contribution in [0.4, 0.5) is 10.1 Å². The molecule has 25 heavy (non-hydrogen) atoms. The molecular formula is C16H13FN4O4. The molecular weight excluding hydrogens is 331 g/mol. The van der Waals surface area contributed by atoms with Gasteiger partial charge >= 0.3 is 5.69 Å². The maximum Gasteiger partial charge on any atom is 0.310 e. The molecule has 0 aliphatic heterocycles. The van der Waals surface area contributed by atoms with Crippen LogP contribution >= 0.6 is 0 Å². The Kier molecular flexibility index (Phi) is 4.29. The minimum atomic E-state index is -0.589. The molecule has 0 aliphatic carbocycles. The topological polar surface area (TPSA) is 110 Å². The third-order valence-corrected chi connectivity index (χ3v) is 3.55. The van der Waals surface area contributed by atoms with Gasteiger partial charge in [-0.3, -0.25) is 14.9 Å². The Labute approximate surface area is 140 Å². The molecule has 2 N–H and O–H groups in total. The van der Waals surface area contributed by atoms with Gasteiger partial charge in [-0.15, -0.1) is 0 Å². The van der Waals surface area contributed by atoms with E-state index in [2.05, 4.69) is 15.3 Å². The Morgan fingerprint density at radius 2 is 2.16 bits per heavy atom. The summed E-state index contributed by atoms with van der Waals surface area (Å²) in [7, 11) is 1.29. The number of halogens is 1. The van der Waals surface area contributed by atoms with Crippen LogP contribution in [0.3, 0.4) is 0 Å². The summed E-state index contributed by atoms with van der Waals surface area (Å²) >= 11 is 0. The standard InChI is InChI=1S/C16H13FN4O4/c1-25-14-6-9(2-5-13(14)21(23)24)16(22)18-8-15-19-11-4-3-10(17)7-12(11)20-15/h2-7H,8H2,1H3,(H,18,22)(H,19,20). The van der Waals surface area contributed by atoms with Crippen molar-refractivity contribution in [2.45, 2.75) is 6.54 Å². The van der Waals surface area contributed by atoms with Gasteiger partial charge in [-0.25, -0.2) is 9.37 Å². The second-order valence-corrected chi connectivity index (χ2v) is 5.17. The first-order chi connectivity index (χ1) is 12.0. The van der Waals surface area contributed by atoms with Gasteiger partial charge in [0.25, 0.3) is 5.91 Å². The molecule has 9 heteroatoms. The van der Waals surface area contributed by atoms with Crippen molar-refractivity contribution in [2.24, 2.45) is 0 Å². The van der Waals surface area contributed by atoms with Crippen molar-refractivity contribution in [2.75, 3.05) is 7.11 Å². The summed E-state index contributed by atoms with van der Waals surface area (Å²) in [4.78, 5) is 29.6. The van der Waals surface area contributed by atoms with Gasteiger partial charge in [0.15, 0.2) is 5.75 Å². The van der Waals surface area contributed by atoms with Crippen molar-refractivity contribution in [3.63, 3.8) is 0 Å². The van der Waals surface area contributed by atoms with E-state index in [0.717, 1.165) is 0 Å². The van der Waals surface area contributed by atoms with Crippen molar-refractivity contribution >= 4 is 22.6 Å². The number of amides is 1. The van der Waals surface area contributed by atoms with Crippen LogP contribution in [0.5, 0.6) is 5.75 Å². The number of hydrogen-bond acceptors (Lipinski definition) is 5. The highest BCUT2D eigenvalue weighted by atomic mass is 19.1. The molecule has 0 atom stereocenters. The molecule has 3 aromatic rings. The minimum Gasteiger partial charge on any atom is -0.490 e. The van der Waals surface area contributed by atoms with Crippen molar-refractivity contribution in [3.05, 3.63) is 63.7 Å². The number of aromatic amines is 1. The van der Waals surface area contributed by atoms with E-state index in [4.69, 9.17) is 4.74 Å². The summed E-state index contributed by atoms with van der Waals surface area (Å²) in [6.07, 6.45) is 0. The quantitative estimate of drug-likeness (QED) is 0.546. The van der Waals surface area contributed by atoms with Crippen molar-refractivity contribution in [3.8, 4) is 5.75 Å². The largest absolute Gasteiger partial charge is 0.490 e. The zero-order valence-corrected chi connectivity index (χ0v) is 13.1. The number of ether oxygens (including phenoxy) is 1. The molecule has 3 rings (SSSR count). The number of carbonyl (C=O) groups excluding carboxylic acids is 1. The van der Waals surface area contributed by atoms with Gasteiger partial charge < -0.3 is 15.0 Å². The summed E-state index contributed by atoms with van der Waals surface area (Å²) in [6, 6.07) is 7.99. The fourth-order valence-electron chi connectivity index (χ4n) is 2.35. The predicted octanol–water partition coefficient (Wildman–Crippen LogP) is 2.55. The van der Waals surface area contributed by atoms with E-state index < -0.39 is 10.8 Å². The van der Waals surface area contributed by atoms with E-state index in [9.17, 15) is 19.3 Å². The maximum atomic E-state index is 13.2. The smallest absolute Gasteiger partial charge is 0.310 e. The highest BCUT2D eigenvalue weighted by molar-refractivity contribution is 5.95. The summed E-state index contributed by atoms with van der Waals surface area (Å²) < 4.78 is 18.1. The number of nitro benzene ring substituents is 1. The summed E-state index contributed by atoms with van der Waals surface area (Å²) in [5.74, 6) is -0.371. The lowest BCUT2D eigenvalue weighted by atomic mass is 10.1. The maximum absolute atomic E-state index is 13.2. The number of rotatable bonds is 5. The van der Waals surface area contributed by atoms with E-state index in [0.29, 0.717) is 16.9 Å². The third-order valence-electron chi connectivity index (χ3n) is 3.55. The number of nitrogens with zero attached hydrogens (tertiary/aromatic N) is 2. The lowest BCUT2D eigenvalue weighted by molar-refractivity contribution is -0.385. The zero-order chi connectivity index (χ0) is 18.0. The molecule has 0 saturated carbocycles. The van der Waals surface area contributed by atoms with Crippen LogP contribution in [0, 0.1) is 15.9 Å². The molecule has 1 aromatic heterocycles. The van der Waals surface area contributed by atoms with Crippen molar-refractivity contribution < 1.29 is 18.8 Å². The van der Waals surface area contributed by atoms with E-state index in [1.54, 1.807) is 0 Å². The number of nitro groups is 1. The van der Waals surface area contributed by atoms with E-state index in [1.165, 1.54) is 43.5 Å². The second-order valence-electron chi connectivity index (χ2n) is 5.17. The van der Waals surface area contributed by atoms with Crippen LogP contribution in [0.25, 0.3) is 11.0 Å². The number of benzene rings is 2. The number of nitrogens with one attached hydrogen (secondary N) is 2. The monoisotopic (exact) mass is 344 g/mol. The zero-order valence-electron chi connectivity index (χ0n) is 13.1. The summed E-state index contributed by atoms with van der Waals surface area (Å²) in [5.41, 5.74) is 1.10. The fraction of sp³-hybridized carbons (Fsp3) is 0.125. The average molecular weight is 344 g/mol. The first-order valence-electron chi connectivity index (χ1n) is 7.22. The van der Waals surface area contributed by atoms with E-state index >= 15 is 0 Å². The molecule has 0 aliphatic rings. The van der Waals surface area contributed by atoms with E-state index in [1.807, 2.05) is 0 Å². The lowest BCUT2D eigenvalue weighted by Gasteiger charge is -2.06. The van der Waals surface area contributed by atoms with Crippen LogP contribution in [-0.4, -0.2) is 27.9 Å². The molecule has 0 radical (unpaired) electrons. The SMILES string of the molecule is COc1cc(C(=O)NCc2nc3ccc(F)cc3[nH]2)ccc1[N+](=O)[O-]. The van der Waals surface area contributed by atoms with Gasteiger partial charge in [-0.1, -0.05) is 0 Å². The molecule has 1 amide bonds. The Bertz CT molecular complexity index is 970. The average Bonchev–Trinajstić information content (AvgIpc) is 3.00. The number of imidazole rings is 1. The molecule has 0 saturated heterocycles. The number of carbonyl (C=O) groups is 1. The normalized spacial score (nSPS) is 10.6. The Balaban J connectivity index is 1.74. The van der Waals surface area contributed by atoms with Gasteiger partial charge in [-0.05, 0) is 24.3 Å². The molecule has 0 unspecified atom stereocenters. The van der Waals surface area contributed by atoms with Crippen LogP contribution in [0.2, 0.25) is 0 Å². The highest BCUT2D eigenvalue weighted by Crippen LogP contribution is 2.27. The number of H-pyrrole nitrogens is 1. The van der Waals surface area contributed by atoms with Crippen LogP contribution < -0.4 is 10.1 Å². The first-order valence-corrected chi connectivity index (χ1v) is 7.22. The van der Waals surface area contributed by atoms with Crippen LogP contribution in [0.15, 0.2) is 36.4 Å². The Hall–Kier alpha value is -3.49. The minimum absolute atomic E-state index is 0.00291. The predicted molar refractivity (Wildman–Crippen MR) is 86.9 cm³/mol. The van der Waals surface area contributed by atoms with Gasteiger partial charge in [0.1, 0.15) is 11.6 Å². The molecule has 0 spiro atoms. The third kappa shape index (κ3) is 3.39. The fourth-order valence-corrected chi connectivity index (χ4v) is 2.35. The number of fused-ring (bicyclic) bond motifs is 1. The Morgan fingerprint density at radius 3 is 2.88 bits per heavy atom. The van der Waals surface area contributed by atoms with Crippen molar-refractivity contribution in [1.82, 2.24) is 15.3 Å². The number of hydrogen-bond donors (Lipinski definition) is 2. The summed E-state index contributed by atoms with van der Waals surface area (Å²) in [5, 5.41) is 13.5.